The molecule has 0 saturated heterocycles. The third kappa shape index (κ3) is 2.40. The van der Waals surface area contributed by atoms with Gasteiger partial charge >= 0.3 is 0 Å². The number of amides is 2. The molecular formula is C13H16N2O3S. The summed E-state index contributed by atoms with van der Waals surface area (Å²) in [5.41, 5.74) is 6.71. The molecule has 1 aliphatic rings. The number of hydrogen-bond acceptors (Lipinski definition) is 4. The zero-order chi connectivity index (χ0) is 14.2. The maximum atomic E-state index is 12.2. The van der Waals surface area contributed by atoms with E-state index in [4.69, 9.17) is 5.73 Å². The molecule has 5 nitrogen and oxygen atoms in total. The average Bonchev–Trinajstić information content (AvgIpc) is 2.60. The van der Waals surface area contributed by atoms with Gasteiger partial charge in [0.2, 0.25) is 0 Å². The van der Waals surface area contributed by atoms with Crippen molar-refractivity contribution in [1.82, 2.24) is 4.90 Å². The second-order valence-corrected chi connectivity index (χ2v) is 6.43. The molecule has 0 saturated carbocycles. The van der Waals surface area contributed by atoms with Crippen molar-refractivity contribution in [2.45, 2.75) is 18.6 Å². The van der Waals surface area contributed by atoms with E-state index in [1.807, 2.05) is 6.92 Å². The standard InChI is InChI=1S/C13H16N2O3S/c1-8(19(2)18)6-7-15-12(16)9-4-3-5-10(14)11(9)13(15)17/h3-5,8H,6-7,14H2,1-2H3. The molecule has 0 spiro atoms. The van der Waals surface area contributed by atoms with Crippen molar-refractivity contribution in [2.75, 3.05) is 18.5 Å². The zero-order valence-corrected chi connectivity index (χ0v) is 11.7. The number of nitrogen functional groups attached to an aromatic ring is 1. The molecule has 1 heterocycles. The number of carbonyl (C=O) groups is 2. The lowest BCUT2D eigenvalue weighted by Crippen LogP contribution is -2.32. The zero-order valence-electron chi connectivity index (χ0n) is 10.9. The van der Waals surface area contributed by atoms with Gasteiger partial charge in [0.25, 0.3) is 11.8 Å². The summed E-state index contributed by atoms with van der Waals surface area (Å²) < 4.78 is 11.3. The van der Waals surface area contributed by atoms with E-state index in [1.54, 1.807) is 24.5 Å². The van der Waals surface area contributed by atoms with Crippen LogP contribution >= 0.6 is 0 Å². The highest BCUT2D eigenvalue weighted by atomic mass is 32.2. The Balaban J connectivity index is 2.19. The largest absolute Gasteiger partial charge is 0.398 e. The minimum Gasteiger partial charge on any atom is -0.398 e. The van der Waals surface area contributed by atoms with E-state index in [0.717, 1.165) is 0 Å². The third-order valence-electron chi connectivity index (χ3n) is 3.36. The molecule has 2 amide bonds. The van der Waals surface area contributed by atoms with E-state index >= 15 is 0 Å². The van der Waals surface area contributed by atoms with Gasteiger partial charge in [0.1, 0.15) is 0 Å². The number of anilines is 1. The molecule has 102 valence electrons. The van der Waals surface area contributed by atoms with Crippen LogP contribution in [-0.2, 0) is 10.8 Å². The third-order valence-corrected chi connectivity index (χ3v) is 4.73. The summed E-state index contributed by atoms with van der Waals surface area (Å²) in [6, 6.07) is 4.87. The second kappa shape index (κ2) is 5.13. The number of hydrogen-bond donors (Lipinski definition) is 1. The van der Waals surface area contributed by atoms with E-state index in [9.17, 15) is 13.8 Å². The highest BCUT2D eigenvalue weighted by Crippen LogP contribution is 2.27. The molecular weight excluding hydrogens is 264 g/mol. The molecule has 2 N–H and O–H groups in total. The van der Waals surface area contributed by atoms with Crippen molar-refractivity contribution in [3.8, 4) is 0 Å². The summed E-state index contributed by atoms with van der Waals surface area (Å²) in [7, 11) is -0.961. The number of imide groups is 1. The van der Waals surface area contributed by atoms with Crippen molar-refractivity contribution in [3.05, 3.63) is 29.3 Å². The Hall–Kier alpha value is -1.69. The Morgan fingerprint density at radius 1 is 1.32 bits per heavy atom. The summed E-state index contributed by atoms with van der Waals surface area (Å²) in [5, 5.41) is -0.0540. The van der Waals surface area contributed by atoms with Crippen LogP contribution in [0.3, 0.4) is 0 Å². The van der Waals surface area contributed by atoms with Gasteiger partial charge in [-0.3, -0.25) is 18.7 Å². The van der Waals surface area contributed by atoms with E-state index in [-0.39, 0.29) is 29.2 Å². The Kier molecular flexibility index (Phi) is 3.71. The number of nitrogens with two attached hydrogens (primary N) is 1. The Bertz CT molecular complexity index is 571. The molecule has 1 aromatic carbocycles. The maximum Gasteiger partial charge on any atom is 0.263 e. The normalized spacial score (nSPS) is 17.5. The molecule has 1 aliphatic heterocycles. The SMILES string of the molecule is CC(CCN1C(=O)c2cccc(N)c2C1=O)S(C)=O. The van der Waals surface area contributed by atoms with Crippen LogP contribution in [0.2, 0.25) is 0 Å². The van der Waals surface area contributed by atoms with Gasteiger partial charge in [-0.2, -0.15) is 0 Å². The molecule has 0 aromatic heterocycles. The summed E-state index contributed by atoms with van der Waals surface area (Å²) in [6.45, 7) is 2.11. The van der Waals surface area contributed by atoms with Gasteiger partial charge in [-0.1, -0.05) is 13.0 Å². The fourth-order valence-electron chi connectivity index (χ4n) is 2.04. The predicted octanol–water partition coefficient (Wildman–Crippen LogP) is 1.02. The summed E-state index contributed by atoms with van der Waals surface area (Å²) in [6.07, 6.45) is 2.14. The van der Waals surface area contributed by atoms with Gasteiger partial charge in [-0.25, -0.2) is 0 Å². The summed E-state index contributed by atoms with van der Waals surface area (Å²) in [5.74, 6) is -0.673. The first-order chi connectivity index (χ1) is 8.93. The molecule has 19 heavy (non-hydrogen) atoms. The van der Waals surface area contributed by atoms with E-state index < -0.39 is 10.8 Å². The van der Waals surface area contributed by atoms with Gasteiger partial charge in [-0.15, -0.1) is 0 Å². The van der Waals surface area contributed by atoms with E-state index in [1.165, 1.54) is 4.90 Å². The molecule has 2 atom stereocenters. The van der Waals surface area contributed by atoms with Crippen LogP contribution in [0, 0.1) is 0 Å². The number of rotatable bonds is 4. The number of nitrogens with zero attached hydrogens (tertiary/aromatic N) is 1. The van der Waals surface area contributed by atoms with Crippen molar-refractivity contribution in [2.24, 2.45) is 0 Å². The number of benzene rings is 1. The molecule has 1 aromatic rings. The average molecular weight is 280 g/mol. The van der Waals surface area contributed by atoms with Crippen LogP contribution in [0.1, 0.15) is 34.1 Å². The van der Waals surface area contributed by atoms with Crippen molar-refractivity contribution >= 4 is 28.3 Å². The van der Waals surface area contributed by atoms with Crippen LogP contribution in [0.4, 0.5) is 5.69 Å². The molecule has 0 aliphatic carbocycles. The molecule has 0 radical (unpaired) electrons. The first-order valence-corrected chi connectivity index (χ1v) is 7.62. The van der Waals surface area contributed by atoms with Gasteiger partial charge < -0.3 is 5.73 Å². The smallest absolute Gasteiger partial charge is 0.263 e. The van der Waals surface area contributed by atoms with Crippen LogP contribution in [0.25, 0.3) is 0 Å². The van der Waals surface area contributed by atoms with Gasteiger partial charge in [0.15, 0.2) is 0 Å². The van der Waals surface area contributed by atoms with Crippen LogP contribution < -0.4 is 5.73 Å². The lowest BCUT2D eigenvalue weighted by Gasteiger charge is -2.16. The quantitative estimate of drug-likeness (QED) is 0.659. The fraction of sp³-hybridized carbons (Fsp3) is 0.385. The fourth-order valence-corrected chi connectivity index (χ4v) is 2.48. The Morgan fingerprint density at radius 2 is 2.00 bits per heavy atom. The lowest BCUT2D eigenvalue weighted by atomic mass is 10.1. The number of carbonyl (C=O) groups excluding carboxylic acids is 2. The van der Waals surface area contributed by atoms with Gasteiger partial charge in [-0.05, 0) is 18.6 Å². The van der Waals surface area contributed by atoms with E-state index in [0.29, 0.717) is 17.7 Å². The van der Waals surface area contributed by atoms with Gasteiger partial charge in [0, 0.05) is 34.5 Å². The van der Waals surface area contributed by atoms with E-state index in [2.05, 4.69) is 0 Å². The van der Waals surface area contributed by atoms with Crippen LogP contribution in [-0.4, -0.2) is 39.0 Å². The predicted molar refractivity (Wildman–Crippen MR) is 74.4 cm³/mol. The Labute approximate surface area is 114 Å². The molecule has 0 fully saturated rings. The van der Waals surface area contributed by atoms with Crippen LogP contribution in [0.15, 0.2) is 18.2 Å². The topological polar surface area (TPSA) is 80.5 Å². The maximum absolute atomic E-state index is 12.2. The number of fused-ring (bicyclic) bond motifs is 1. The molecule has 0 bridgehead atoms. The molecule has 6 heteroatoms. The summed E-state index contributed by atoms with van der Waals surface area (Å²) in [4.78, 5) is 25.5. The molecule has 2 rings (SSSR count). The van der Waals surface area contributed by atoms with Gasteiger partial charge in [0.05, 0.1) is 11.1 Å². The van der Waals surface area contributed by atoms with Crippen LogP contribution in [0.5, 0.6) is 0 Å². The highest BCUT2D eigenvalue weighted by Gasteiger charge is 2.36. The monoisotopic (exact) mass is 280 g/mol. The minimum absolute atomic E-state index is 0.0540. The van der Waals surface area contributed by atoms with Crippen molar-refractivity contribution < 1.29 is 13.8 Å². The summed E-state index contributed by atoms with van der Waals surface area (Å²) >= 11 is 0. The highest BCUT2D eigenvalue weighted by molar-refractivity contribution is 7.84. The Morgan fingerprint density at radius 3 is 2.58 bits per heavy atom. The molecule has 2 unspecified atom stereocenters. The van der Waals surface area contributed by atoms with Crippen molar-refractivity contribution in [3.63, 3.8) is 0 Å². The van der Waals surface area contributed by atoms with Crippen molar-refractivity contribution in [1.29, 1.82) is 0 Å². The first kappa shape index (κ1) is 13.7. The lowest BCUT2D eigenvalue weighted by molar-refractivity contribution is 0.0653. The minimum atomic E-state index is -0.961. The second-order valence-electron chi connectivity index (χ2n) is 4.63. The first-order valence-electron chi connectivity index (χ1n) is 6.00.